The summed E-state index contributed by atoms with van der Waals surface area (Å²) in [7, 11) is 3.28. The highest BCUT2D eigenvalue weighted by Gasteiger charge is 2.09. The second-order valence-electron chi connectivity index (χ2n) is 5.24. The van der Waals surface area contributed by atoms with Gasteiger partial charge in [0.15, 0.2) is 0 Å². The number of benzene rings is 2. The number of aliphatic hydroxyl groups excluding tert-OH is 1. The molecule has 4 nitrogen and oxygen atoms in total. The van der Waals surface area contributed by atoms with Gasteiger partial charge >= 0.3 is 0 Å². The Balaban J connectivity index is 1.94. The van der Waals surface area contributed by atoms with Crippen LogP contribution in [0.15, 0.2) is 42.5 Å². The number of nitrogens with one attached hydrogen (secondary N) is 1. The number of hydrogen-bond acceptors (Lipinski definition) is 4. The normalized spacial score (nSPS) is 12.0. The van der Waals surface area contributed by atoms with E-state index in [9.17, 15) is 5.11 Å². The van der Waals surface area contributed by atoms with Crippen molar-refractivity contribution < 1.29 is 14.6 Å². The molecule has 2 aromatic rings. The number of aliphatic hydroxyl groups is 1. The van der Waals surface area contributed by atoms with E-state index in [4.69, 9.17) is 9.47 Å². The quantitative estimate of drug-likeness (QED) is 0.825. The van der Waals surface area contributed by atoms with Gasteiger partial charge in [0.1, 0.15) is 11.5 Å². The minimum atomic E-state index is -0.530. The van der Waals surface area contributed by atoms with E-state index in [-0.39, 0.29) is 0 Å². The van der Waals surface area contributed by atoms with Crippen LogP contribution in [-0.4, -0.2) is 25.9 Å². The third kappa shape index (κ3) is 4.23. The summed E-state index contributed by atoms with van der Waals surface area (Å²) in [6, 6.07) is 13.6. The molecule has 0 aliphatic rings. The fourth-order valence-corrected chi connectivity index (χ4v) is 2.27. The van der Waals surface area contributed by atoms with E-state index < -0.39 is 6.10 Å². The van der Waals surface area contributed by atoms with E-state index in [2.05, 4.69) is 5.32 Å². The topological polar surface area (TPSA) is 50.7 Å². The van der Waals surface area contributed by atoms with Crippen molar-refractivity contribution in [2.45, 2.75) is 19.6 Å². The summed E-state index contributed by atoms with van der Waals surface area (Å²) in [6.45, 7) is 3.11. The van der Waals surface area contributed by atoms with Gasteiger partial charge in [-0.25, -0.2) is 0 Å². The zero-order valence-corrected chi connectivity index (χ0v) is 13.3. The molecule has 0 heterocycles. The van der Waals surface area contributed by atoms with Crippen molar-refractivity contribution >= 4 is 0 Å². The van der Waals surface area contributed by atoms with Crippen molar-refractivity contribution in [3.63, 3.8) is 0 Å². The largest absolute Gasteiger partial charge is 0.497 e. The van der Waals surface area contributed by atoms with Crippen LogP contribution >= 0.6 is 0 Å². The van der Waals surface area contributed by atoms with Crippen LogP contribution < -0.4 is 14.8 Å². The smallest absolute Gasteiger partial charge is 0.123 e. The Bertz CT molecular complexity index is 596. The third-order valence-corrected chi connectivity index (χ3v) is 3.60. The Labute approximate surface area is 131 Å². The second-order valence-corrected chi connectivity index (χ2v) is 5.24. The summed E-state index contributed by atoms with van der Waals surface area (Å²) >= 11 is 0. The molecule has 118 valence electrons. The molecular formula is C18H23NO3. The molecule has 0 radical (unpaired) electrons. The fraction of sp³-hybridized carbons (Fsp3) is 0.333. The summed E-state index contributed by atoms with van der Waals surface area (Å²) in [5.41, 5.74) is 3.10. The Hall–Kier alpha value is -2.04. The number of rotatable bonds is 7. The maximum atomic E-state index is 10.2. The Morgan fingerprint density at radius 1 is 1.05 bits per heavy atom. The highest BCUT2D eigenvalue weighted by Crippen LogP contribution is 2.24. The molecule has 4 heteroatoms. The summed E-state index contributed by atoms with van der Waals surface area (Å²) in [6.07, 6.45) is -0.530. The van der Waals surface area contributed by atoms with Crippen LogP contribution in [0.1, 0.15) is 22.8 Å². The molecule has 0 aromatic heterocycles. The molecular weight excluding hydrogens is 278 g/mol. The minimum Gasteiger partial charge on any atom is -0.497 e. The lowest BCUT2D eigenvalue weighted by atomic mass is 10.1. The molecule has 0 fully saturated rings. The maximum absolute atomic E-state index is 10.2. The molecule has 1 atom stereocenters. The van der Waals surface area contributed by atoms with Gasteiger partial charge < -0.3 is 19.9 Å². The summed E-state index contributed by atoms with van der Waals surface area (Å²) in [5, 5.41) is 13.5. The van der Waals surface area contributed by atoms with Crippen molar-refractivity contribution in [1.29, 1.82) is 0 Å². The molecule has 0 aliphatic carbocycles. The van der Waals surface area contributed by atoms with Crippen molar-refractivity contribution in [3.8, 4) is 11.5 Å². The summed E-state index contributed by atoms with van der Waals surface area (Å²) in [5.74, 6) is 1.59. The Kier molecular flexibility index (Phi) is 5.81. The van der Waals surface area contributed by atoms with Gasteiger partial charge in [0, 0.05) is 18.7 Å². The monoisotopic (exact) mass is 301 g/mol. The van der Waals surface area contributed by atoms with E-state index in [0.717, 1.165) is 22.6 Å². The van der Waals surface area contributed by atoms with Crippen LogP contribution in [0.5, 0.6) is 11.5 Å². The van der Waals surface area contributed by atoms with E-state index in [1.54, 1.807) is 14.2 Å². The standard InChI is InChI=1S/C18H23NO3/c1-13-4-6-14(7-5-13)17(20)12-19-11-15-10-16(21-2)8-9-18(15)22-3/h4-10,17,19-20H,11-12H2,1-3H3. The van der Waals surface area contributed by atoms with Gasteiger partial charge in [0.05, 0.1) is 20.3 Å². The Morgan fingerprint density at radius 2 is 1.77 bits per heavy atom. The van der Waals surface area contributed by atoms with Crippen molar-refractivity contribution in [1.82, 2.24) is 5.32 Å². The highest BCUT2D eigenvalue weighted by molar-refractivity contribution is 5.40. The SMILES string of the molecule is COc1ccc(OC)c(CNCC(O)c2ccc(C)cc2)c1. The van der Waals surface area contributed by atoms with Gasteiger partial charge in [-0.1, -0.05) is 29.8 Å². The van der Waals surface area contributed by atoms with Crippen LogP contribution in [0, 0.1) is 6.92 Å². The van der Waals surface area contributed by atoms with E-state index >= 15 is 0 Å². The van der Waals surface area contributed by atoms with Crippen LogP contribution in [0.2, 0.25) is 0 Å². The molecule has 2 N–H and O–H groups in total. The predicted molar refractivity (Wildman–Crippen MR) is 87.4 cm³/mol. The first-order valence-electron chi connectivity index (χ1n) is 7.30. The average Bonchev–Trinajstić information content (AvgIpc) is 2.55. The van der Waals surface area contributed by atoms with Crippen molar-refractivity contribution in [3.05, 3.63) is 59.2 Å². The second kappa shape index (κ2) is 7.82. The molecule has 0 aliphatic heterocycles. The number of methoxy groups -OCH3 is 2. The highest BCUT2D eigenvalue weighted by atomic mass is 16.5. The third-order valence-electron chi connectivity index (χ3n) is 3.60. The van der Waals surface area contributed by atoms with E-state index in [0.29, 0.717) is 13.1 Å². The lowest BCUT2D eigenvalue weighted by Crippen LogP contribution is -2.21. The Morgan fingerprint density at radius 3 is 2.41 bits per heavy atom. The van der Waals surface area contributed by atoms with Gasteiger partial charge in [0.2, 0.25) is 0 Å². The van der Waals surface area contributed by atoms with Crippen molar-refractivity contribution in [2.24, 2.45) is 0 Å². The molecule has 2 rings (SSSR count). The fourth-order valence-electron chi connectivity index (χ4n) is 2.27. The molecule has 0 saturated heterocycles. The molecule has 2 aromatic carbocycles. The number of ether oxygens (including phenoxy) is 2. The van der Waals surface area contributed by atoms with Gasteiger partial charge in [-0.05, 0) is 30.7 Å². The first kappa shape index (κ1) is 16.3. The van der Waals surface area contributed by atoms with Crippen LogP contribution in [0.4, 0.5) is 0 Å². The van der Waals surface area contributed by atoms with E-state index in [1.165, 1.54) is 5.56 Å². The molecule has 22 heavy (non-hydrogen) atoms. The molecule has 0 bridgehead atoms. The molecule has 0 saturated carbocycles. The lowest BCUT2D eigenvalue weighted by Gasteiger charge is -2.14. The maximum Gasteiger partial charge on any atom is 0.123 e. The van der Waals surface area contributed by atoms with Crippen LogP contribution in [0.25, 0.3) is 0 Å². The van der Waals surface area contributed by atoms with Gasteiger partial charge in [-0.3, -0.25) is 0 Å². The zero-order chi connectivity index (χ0) is 15.9. The lowest BCUT2D eigenvalue weighted by molar-refractivity contribution is 0.174. The first-order chi connectivity index (χ1) is 10.6. The first-order valence-corrected chi connectivity index (χ1v) is 7.30. The van der Waals surface area contributed by atoms with Crippen molar-refractivity contribution in [2.75, 3.05) is 20.8 Å². The molecule has 0 spiro atoms. The number of aryl methyl sites for hydroxylation is 1. The molecule has 1 unspecified atom stereocenters. The van der Waals surface area contributed by atoms with Gasteiger partial charge in [-0.2, -0.15) is 0 Å². The van der Waals surface area contributed by atoms with Gasteiger partial charge in [0.25, 0.3) is 0 Å². The summed E-state index contributed by atoms with van der Waals surface area (Å²) in [4.78, 5) is 0. The summed E-state index contributed by atoms with van der Waals surface area (Å²) < 4.78 is 10.6. The van der Waals surface area contributed by atoms with Crippen LogP contribution in [0.3, 0.4) is 0 Å². The number of hydrogen-bond donors (Lipinski definition) is 2. The molecule has 0 amide bonds. The predicted octanol–water partition coefficient (Wildman–Crippen LogP) is 2.84. The van der Waals surface area contributed by atoms with Crippen LogP contribution in [-0.2, 0) is 6.54 Å². The van der Waals surface area contributed by atoms with Gasteiger partial charge in [-0.15, -0.1) is 0 Å². The minimum absolute atomic E-state index is 0.476. The zero-order valence-electron chi connectivity index (χ0n) is 13.3. The van der Waals surface area contributed by atoms with E-state index in [1.807, 2.05) is 49.4 Å². The average molecular weight is 301 g/mol.